The van der Waals surface area contributed by atoms with E-state index >= 15 is 0 Å². The van der Waals surface area contributed by atoms with Gasteiger partial charge in [-0.1, -0.05) is 71.1 Å². The van der Waals surface area contributed by atoms with Gasteiger partial charge in [-0.25, -0.2) is 4.79 Å². The molecule has 3 fully saturated rings. The van der Waals surface area contributed by atoms with Gasteiger partial charge in [0.2, 0.25) is 5.79 Å². The number of allylic oxidation sites excluding steroid dienone is 6. The molecule has 2 saturated heterocycles. The molecular weight excluding hydrogens is 1060 g/mol. The van der Waals surface area contributed by atoms with Gasteiger partial charge in [0, 0.05) is 51.4 Å². The molecule has 462 valence electrons. The third-order valence-corrected chi connectivity index (χ3v) is 16.9. The summed E-state index contributed by atoms with van der Waals surface area (Å²) in [6.07, 6.45) is 4.62. The maximum absolute atomic E-state index is 14.7. The highest BCUT2D eigenvalue weighted by Crippen LogP contribution is 2.39. The molecule has 19 heteroatoms. The summed E-state index contributed by atoms with van der Waals surface area (Å²) in [5.41, 5.74) is -1.37. The fraction of sp³-hybridized carbons (Fsp3) is 0.790. The Hall–Kier alpha value is -3.66. The fourth-order valence-electron chi connectivity index (χ4n) is 11.9. The second kappa shape index (κ2) is 31.5. The zero-order chi connectivity index (χ0) is 60.6. The van der Waals surface area contributed by atoms with E-state index in [-0.39, 0.29) is 94.1 Å². The van der Waals surface area contributed by atoms with Gasteiger partial charge in [-0.3, -0.25) is 19.2 Å². The average Bonchev–Trinajstić information content (AvgIpc) is 3.54. The lowest BCUT2D eigenvalue weighted by Crippen LogP contribution is -2.61. The molecule has 2 bridgehead atoms. The first-order chi connectivity index (χ1) is 37.8. The minimum atomic E-state index is -4.42. The van der Waals surface area contributed by atoms with E-state index in [1.165, 1.54) is 21.0 Å². The lowest BCUT2D eigenvalue weighted by molar-refractivity contribution is -0.267. The van der Waals surface area contributed by atoms with Crippen LogP contribution in [0.5, 0.6) is 0 Å². The molecule has 16 nitrogen and oxygen atoms in total. The maximum Gasteiger partial charge on any atom is 0.391 e. The second-order valence-corrected chi connectivity index (χ2v) is 24.9. The van der Waals surface area contributed by atoms with Gasteiger partial charge in [0.05, 0.1) is 61.9 Å². The number of ketones is 3. The maximum atomic E-state index is 14.7. The number of aliphatic hydroxyl groups is 3. The van der Waals surface area contributed by atoms with E-state index in [1.807, 2.05) is 45.1 Å². The lowest BCUT2D eigenvalue weighted by atomic mass is 9.78. The Morgan fingerprint density at radius 3 is 2.20 bits per heavy atom. The second-order valence-electron chi connectivity index (χ2n) is 24.9. The van der Waals surface area contributed by atoms with Crippen LogP contribution in [0.15, 0.2) is 47.6 Å². The van der Waals surface area contributed by atoms with Gasteiger partial charge in [-0.05, 0) is 141 Å². The van der Waals surface area contributed by atoms with E-state index in [2.05, 4.69) is 0 Å². The van der Waals surface area contributed by atoms with Crippen molar-refractivity contribution in [3.05, 3.63) is 47.6 Å². The van der Waals surface area contributed by atoms with Gasteiger partial charge in [0.15, 0.2) is 5.78 Å². The number of esters is 1. The van der Waals surface area contributed by atoms with E-state index in [1.54, 1.807) is 60.8 Å². The van der Waals surface area contributed by atoms with Crippen LogP contribution in [0.2, 0.25) is 0 Å². The highest BCUT2D eigenvalue weighted by Gasteiger charge is 2.53. The van der Waals surface area contributed by atoms with Crippen molar-refractivity contribution in [3.63, 3.8) is 0 Å². The molecule has 0 aromatic rings. The molecule has 0 radical (unpaired) electrons. The van der Waals surface area contributed by atoms with Crippen LogP contribution in [0, 0.1) is 35.5 Å². The molecule has 0 spiro atoms. The lowest BCUT2D eigenvalue weighted by Gasteiger charge is -2.43. The molecule has 3 heterocycles. The van der Waals surface area contributed by atoms with Crippen LogP contribution in [-0.2, 0) is 57.1 Å². The Kier molecular flexibility index (Phi) is 27.1. The number of hydrogen-bond acceptors (Lipinski definition) is 15. The van der Waals surface area contributed by atoms with Crippen molar-refractivity contribution < 1.29 is 85.6 Å². The van der Waals surface area contributed by atoms with Crippen LogP contribution in [0.4, 0.5) is 13.2 Å². The number of fused-ring (bicyclic) bond motifs is 3. The summed E-state index contributed by atoms with van der Waals surface area (Å²) in [5.74, 6) is -8.87. The smallest absolute Gasteiger partial charge is 0.391 e. The number of rotatable bonds is 15. The predicted molar refractivity (Wildman–Crippen MR) is 299 cm³/mol. The molecule has 0 aromatic heterocycles. The van der Waals surface area contributed by atoms with E-state index in [9.17, 15) is 52.5 Å². The number of piperidine rings is 1. The van der Waals surface area contributed by atoms with Crippen LogP contribution in [0.1, 0.15) is 166 Å². The molecule has 15 atom stereocenters. The molecule has 4 rings (SSSR count). The van der Waals surface area contributed by atoms with Crippen LogP contribution in [0.3, 0.4) is 0 Å². The third-order valence-electron chi connectivity index (χ3n) is 16.9. The zero-order valence-electron chi connectivity index (χ0n) is 50.6. The van der Waals surface area contributed by atoms with Crippen LogP contribution in [-0.4, -0.2) is 162 Å². The first-order valence-electron chi connectivity index (χ1n) is 29.4. The summed E-state index contributed by atoms with van der Waals surface area (Å²) in [4.78, 5) is 73.2. The molecule has 2 unspecified atom stereocenters. The Bertz CT molecular complexity index is 2190. The molecular formula is C62H98F3NO15. The SMILES string of the molecule is CO[C@@H]1CC(C[C@@H](C)C2CC(=O)[C@H](C)/C=C(\C)[C@@H](O)[C@@H](OC)C(=O)[C@H](C)C[C@H](C)/C=C/C=C/C=C(\C)[C@@H](OC(C)(C)CCOC(C)(C)CC(F)(F)F)C[C@@H]3CC[C@@H](C)[C@@](O)(O3)C(=O)C(=O)N3CCCC[C@H]3C(=O)O2)CC[C@H]1OCCO. The summed E-state index contributed by atoms with van der Waals surface area (Å²) in [5, 5.41) is 33.3. The molecule has 3 N–H and O–H groups in total. The van der Waals surface area contributed by atoms with Crippen LogP contribution in [0.25, 0.3) is 0 Å². The quantitative estimate of drug-likeness (QED) is 0.0791. The standard InChI is InChI=1S/C62H98F3NO15/c1-38-19-15-14-16-20-39(2)51(81-59(8,9)26-29-78-60(10,11)37-61(63,64)65)35-46-24-22-44(7)62(74,80-46)56(71)57(72)66-27-18-17-21-47(66)58(73)79-50(41(4)33-45-23-25-49(77-30-28-67)52(34-45)75-12)36-48(68)40(3)32-43(6)54(70)55(76-13)53(69)42(5)31-38/h14-16,19-20,32,38,40-42,44-47,49-52,54-55,67,70,74H,17-18,21-31,33-37H2,1-13H3/b16-14+,19-15+,39-20+,43-32+/t38-,40-,41-,42-,44-,45?,46+,47+,49-,50?,51+,52-,54-,55+,62-/m1/s1. The Morgan fingerprint density at radius 1 is 0.840 bits per heavy atom. The largest absolute Gasteiger partial charge is 0.460 e. The summed E-state index contributed by atoms with van der Waals surface area (Å²) in [6.45, 7) is 18.8. The van der Waals surface area contributed by atoms with E-state index in [4.69, 9.17) is 33.2 Å². The van der Waals surface area contributed by atoms with Gasteiger partial charge in [0.25, 0.3) is 11.7 Å². The number of halogens is 3. The van der Waals surface area contributed by atoms with E-state index in [0.29, 0.717) is 50.5 Å². The number of cyclic esters (lactones) is 1. The number of ether oxygens (including phenoxy) is 7. The summed E-state index contributed by atoms with van der Waals surface area (Å²) in [6, 6.07) is -1.23. The number of carbonyl (C=O) groups is 5. The highest BCUT2D eigenvalue weighted by atomic mass is 19.4. The van der Waals surface area contributed by atoms with Gasteiger partial charge >= 0.3 is 12.1 Å². The number of Topliss-reactive ketones (excluding diaryl/α,β-unsaturated/α-hetero) is 3. The molecule has 4 aliphatic rings. The number of amides is 1. The molecule has 1 saturated carbocycles. The van der Waals surface area contributed by atoms with Crippen molar-refractivity contribution in [1.29, 1.82) is 0 Å². The van der Waals surface area contributed by atoms with Crippen LogP contribution >= 0.6 is 0 Å². The van der Waals surface area contributed by atoms with Crippen molar-refractivity contribution in [2.24, 2.45) is 35.5 Å². The molecule has 0 aromatic carbocycles. The summed E-state index contributed by atoms with van der Waals surface area (Å²) in [7, 11) is 2.96. The number of alkyl halides is 3. The topological polar surface area (TPSA) is 214 Å². The monoisotopic (exact) mass is 1150 g/mol. The molecule has 3 aliphatic heterocycles. The Balaban J connectivity index is 1.73. The van der Waals surface area contributed by atoms with Crippen molar-refractivity contribution >= 4 is 29.2 Å². The van der Waals surface area contributed by atoms with Gasteiger partial charge in [-0.2, -0.15) is 13.2 Å². The molecule has 81 heavy (non-hydrogen) atoms. The third kappa shape index (κ3) is 21.1. The number of nitrogens with zero attached hydrogens (tertiary/aromatic N) is 1. The van der Waals surface area contributed by atoms with Gasteiger partial charge in [0.1, 0.15) is 30.1 Å². The van der Waals surface area contributed by atoms with E-state index in [0.717, 1.165) is 16.9 Å². The van der Waals surface area contributed by atoms with Crippen molar-refractivity contribution in [3.8, 4) is 0 Å². The van der Waals surface area contributed by atoms with E-state index < -0.39 is 107 Å². The first-order valence-corrected chi connectivity index (χ1v) is 29.4. The number of carbonyl (C=O) groups excluding carboxylic acids is 5. The Morgan fingerprint density at radius 2 is 1.54 bits per heavy atom. The number of methoxy groups -OCH3 is 2. The van der Waals surface area contributed by atoms with Crippen molar-refractivity contribution in [2.45, 2.75) is 238 Å². The van der Waals surface area contributed by atoms with Crippen LogP contribution < -0.4 is 0 Å². The number of aliphatic hydroxyl groups excluding tert-OH is 2. The average molecular weight is 1150 g/mol. The zero-order valence-corrected chi connectivity index (χ0v) is 50.6. The predicted octanol–water partition coefficient (Wildman–Crippen LogP) is 9.48. The molecule has 1 aliphatic carbocycles. The highest BCUT2D eigenvalue weighted by molar-refractivity contribution is 6.39. The normalized spacial score (nSPS) is 35.5. The molecule has 1 amide bonds. The van der Waals surface area contributed by atoms with Gasteiger partial charge in [-0.15, -0.1) is 0 Å². The van der Waals surface area contributed by atoms with Crippen molar-refractivity contribution in [1.82, 2.24) is 4.90 Å². The Labute approximate surface area is 479 Å². The minimum Gasteiger partial charge on any atom is -0.460 e. The van der Waals surface area contributed by atoms with Gasteiger partial charge < -0.3 is 53.4 Å². The number of hydrogen-bond donors (Lipinski definition) is 3. The first kappa shape index (κ1) is 69.8. The summed E-state index contributed by atoms with van der Waals surface area (Å²) >= 11 is 0. The fourth-order valence-corrected chi connectivity index (χ4v) is 11.9. The van der Waals surface area contributed by atoms with Crippen molar-refractivity contribution in [2.75, 3.05) is 40.6 Å². The minimum absolute atomic E-state index is 0.0122. The summed E-state index contributed by atoms with van der Waals surface area (Å²) < 4.78 is 82.4.